The van der Waals surface area contributed by atoms with Crippen molar-refractivity contribution < 1.29 is 4.74 Å². The Morgan fingerprint density at radius 3 is 2.94 bits per heavy atom. The molecule has 0 radical (unpaired) electrons. The third-order valence-corrected chi connectivity index (χ3v) is 4.06. The van der Waals surface area contributed by atoms with E-state index in [0.717, 1.165) is 12.4 Å². The van der Waals surface area contributed by atoms with E-state index in [0.29, 0.717) is 18.1 Å². The quantitative estimate of drug-likeness (QED) is 0.551. The molecule has 2 nitrogen and oxygen atoms in total. The van der Waals surface area contributed by atoms with Gasteiger partial charge >= 0.3 is 0 Å². The van der Waals surface area contributed by atoms with Gasteiger partial charge in [0.2, 0.25) is 0 Å². The van der Waals surface area contributed by atoms with Crippen LogP contribution in [0, 0.1) is 5.92 Å². The average Bonchev–Trinajstić information content (AvgIpc) is 2.34. The van der Waals surface area contributed by atoms with Crippen LogP contribution in [0.3, 0.4) is 0 Å². The summed E-state index contributed by atoms with van der Waals surface area (Å²) in [5.74, 6) is 1.44. The van der Waals surface area contributed by atoms with Crippen molar-refractivity contribution in [3.05, 3.63) is 0 Å². The molecule has 1 saturated carbocycles. The molecule has 0 amide bonds. The van der Waals surface area contributed by atoms with Gasteiger partial charge in [0.15, 0.2) is 0 Å². The highest BCUT2D eigenvalue weighted by molar-refractivity contribution is 6.18. The minimum Gasteiger partial charge on any atom is -0.381 e. The molecule has 0 aromatic heterocycles. The zero-order valence-electron chi connectivity index (χ0n) is 10.7. The molecule has 16 heavy (non-hydrogen) atoms. The van der Waals surface area contributed by atoms with Crippen LogP contribution >= 0.6 is 11.6 Å². The van der Waals surface area contributed by atoms with Crippen LogP contribution in [0.4, 0.5) is 0 Å². The van der Waals surface area contributed by atoms with E-state index < -0.39 is 0 Å². The number of hydrogen-bond donors (Lipinski definition) is 1. The van der Waals surface area contributed by atoms with Crippen molar-refractivity contribution in [2.24, 2.45) is 5.92 Å². The summed E-state index contributed by atoms with van der Waals surface area (Å²) >= 11 is 5.78. The molecule has 0 aromatic rings. The molecule has 3 atom stereocenters. The maximum absolute atomic E-state index is 5.78. The van der Waals surface area contributed by atoms with Crippen molar-refractivity contribution >= 4 is 11.6 Å². The zero-order chi connectivity index (χ0) is 11.8. The second-order valence-electron chi connectivity index (χ2n) is 5.08. The molecule has 96 valence electrons. The molecule has 0 spiro atoms. The maximum Gasteiger partial charge on any atom is 0.0586 e. The predicted molar refractivity (Wildman–Crippen MR) is 70.2 cm³/mol. The minimum absolute atomic E-state index is 0.480. The number of nitrogens with one attached hydrogen (secondary N) is 1. The summed E-state index contributed by atoms with van der Waals surface area (Å²) in [6.07, 6.45) is 7.98. The summed E-state index contributed by atoms with van der Waals surface area (Å²) in [5.41, 5.74) is 0. The van der Waals surface area contributed by atoms with E-state index in [1.165, 1.54) is 38.5 Å². The summed E-state index contributed by atoms with van der Waals surface area (Å²) in [7, 11) is 1.83. The van der Waals surface area contributed by atoms with Crippen LogP contribution in [0.15, 0.2) is 0 Å². The van der Waals surface area contributed by atoms with E-state index in [-0.39, 0.29) is 0 Å². The topological polar surface area (TPSA) is 21.3 Å². The van der Waals surface area contributed by atoms with Crippen molar-refractivity contribution in [2.45, 2.75) is 57.6 Å². The van der Waals surface area contributed by atoms with Gasteiger partial charge in [-0.05, 0) is 51.0 Å². The lowest BCUT2D eigenvalue weighted by Crippen LogP contribution is -2.37. The summed E-state index contributed by atoms with van der Waals surface area (Å²) in [4.78, 5) is 0. The van der Waals surface area contributed by atoms with Gasteiger partial charge in [-0.15, -0.1) is 11.6 Å². The van der Waals surface area contributed by atoms with Crippen LogP contribution in [-0.2, 0) is 4.74 Å². The molecular formula is C13H26ClNO. The Morgan fingerprint density at radius 2 is 2.25 bits per heavy atom. The molecule has 0 saturated heterocycles. The number of hydrogen-bond acceptors (Lipinski definition) is 2. The molecular weight excluding hydrogens is 222 g/mol. The van der Waals surface area contributed by atoms with Crippen molar-refractivity contribution in [2.75, 3.05) is 19.5 Å². The number of methoxy groups -OCH3 is 1. The van der Waals surface area contributed by atoms with Gasteiger partial charge in [-0.25, -0.2) is 0 Å². The minimum atomic E-state index is 0.480. The molecule has 0 heterocycles. The molecule has 0 aliphatic heterocycles. The molecule has 3 unspecified atom stereocenters. The third-order valence-electron chi connectivity index (χ3n) is 3.53. The lowest BCUT2D eigenvalue weighted by molar-refractivity contribution is 0.0588. The lowest BCUT2D eigenvalue weighted by atomic mass is 9.92. The van der Waals surface area contributed by atoms with Gasteiger partial charge in [-0.2, -0.15) is 0 Å². The van der Waals surface area contributed by atoms with Crippen molar-refractivity contribution in [1.29, 1.82) is 0 Å². The van der Waals surface area contributed by atoms with Crippen molar-refractivity contribution in [3.63, 3.8) is 0 Å². The summed E-state index contributed by atoms with van der Waals surface area (Å²) in [5, 5.41) is 3.64. The standard InChI is InChI=1S/C13H26ClNO/c1-11(10-14)5-4-8-15-12-6-3-7-13(9-12)16-2/h11-13,15H,3-10H2,1-2H3. The highest BCUT2D eigenvalue weighted by atomic mass is 35.5. The highest BCUT2D eigenvalue weighted by Crippen LogP contribution is 2.20. The Balaban J connectivity index is 2.04. The van der Waals surface area contributed by atoms with Crippen LogP contribution in [0.2, 0.25) is 0 Å². The predicted octanol–water partition coefficient (Wildman–Crippen LogP) is 3.19. The van der Waals surface area contributed by atoms with Gasteiger partial charge in [0.05, 0.1) is 6.10 Å². The van der Waals surface area contributed by atoms with Crippen LogP contribution in [0.25, 0.3) is 0 Å². The van der Waals surface area contributed by atoms with Crippen LogP contribution < -0.4 is 5.32 Å². The van der Waals surface area contributed by atoms with E-state index in [9.17, 15) is 0 Å². The first-order valence-corrected chi connectivity index (χ1v) is 7.11. The number of alkyl halides is 1. The van der Waals surface area contributed by atoms with Crippen LogP contribution in [0.1, 0.15) is 45.4 Å². The van der Waals surface area contributed by atoms with E-state index in [4.69, 9.17) is 16.3 Å². The number of rotatable bonds is 7. The van der Waals surface area contributed by atoms with E-state index >= 15 is 0 Å². The second-order valence-corrected chi connectivity index (χ2v) is 5.39. The Bertz CT molecular complexity index is 177. The summed E-state index contributed by atoms with van der Waals surface area (Å²) in [6.45, 7) is 3.34. The Labute approximate surface area is 105 Å². The zero-order valence-corrected chi connectivity index (χ0v) is 11.4. The Kier molecular flexibility index (Phi) is 7.42. The smallest absolute Gasteiger partial charge is 0.0586 e. The second kappa shape index (κ2) is 8.32. The maximum atomic E-state index is 5.78. The Morgan fingerprint density at radius 1 is 1.44 bits per heavy atom. The normalized spacial score (nSPS) is 27.9. The first-order chi connectivity index (χ1) is 7.76. The van der Waals surface area contributed by atoms with Crippen molar-refractivity contribution in [3.8, 4) is 0 Å². The summed E-state index contributed by atoms with van der Waals surface area (Å²) < 4.78 is 5.43. The summed E-state index contributed by atoms with van der Waals surface area (Å²) in [6, 6.07) is 0.671. The Hall–Kier alpha value is 0.210. The van der Waals surface area contributed by atoms with Gasteiger partial charge in [0.25, 0.3) is 0 Å². The fourth-order valence-corrected chi connectivity index (χ4v) is 2.53. The third kappa shape index (κ3) is 5.51. The molecule has 1 N–H and O–H groups in total. The van der Waals surface area contributed by atoms with Crippen LogP contribution in [-0.4, -0.2) is 31.7 Å². The molecule has 1 aliphatic carbocycles. The van der Waals surface area contributed by atoms with E-state index in [1.807, 2.05) is 7.11 Å². The molecule has 3 heteroatoms. The first-order valence-electron chi connectivity index (χ1n) is 6.58. The monoisotopic (exact) mass is 247 g/mol. The van der Waals surface area contributed by atoms with Gasteiger partial charge < -0.3 is 10.1 Å². The number of ether oxygens (including phenoxy) is 1. The van der Waals surface area contributed by atoms with Gasteiger partial charge in [-0.3, -0.25) is 0 Å². The SMILES string of the molecule is COC1CCCC(NCCCC(C)CCl)C1. The average molecular weight is 248 g/mol. The molecule has 1 fully saturated rings. The highest BCUT2D eigenvalue weighted by Gasteiger charge is 2.20. The fraction of sp³-hybridized carbons (Fsp3) is 1.00. The molecule has 1 aliphatic rings. The first kappa shape index (κ1) is 14.3. The molecule has 1 rings (SSSR count). The van der Waals surface area contributed by atoms with Gasteiger partial charge in [0, 0.05) is 19.0 Å². The lowest BCUT2D eigenvalue weighted by Gasteiger charge is -2.29. The van der Waals surface area contributed by atoms with Gasteiger partial charge in [0.1, 0.15) is 0 Å². The largest absolute Gasteiger partial charge is 0.381 e. The molecule has 0 bridgehead atoms. The van der Waals surface area contributed by atoms with Crippen molar-refractivity contribution in [1.82, 2.24) is 5.32 Å². The van der Waals surface area contributed by atoms with E-state index in [1.54, 1.807) is 0 Å². The van der Waals surface area contributed by atoms with Gasteiger partial charge in [-0.1, -0.05) is 6.92 Å². The van der Waals surface area contributed by atoms with E-state index in [2.05, 4.69) is 12.2 Å². The van der Waals surface area contributed by atoms with Crippen LogP contribution in [0.5, 0.6) is 0 Å². The fourth-order valence-electron chi connectivity index (χ4n) is 2.38. The molecule has 0 aromatic carbocycles. The number of halogens is 1.